The first-order valence-corrected chi connectivity index (χ1v) is 9.70. The number of nitrogens with one attached hydrogen (secondary N) is 2. The summed E-state index contributed by atoms with van der Waals surface area (Å²) in [5, 5.41) is 3.86. The van der Waals surface area contributed by atoms with Gasteiger partial charge in [-0.2, -0.15) is 0 Å². The Hall–Kier alpha value is -0.940. The van der Waals surface area contributed by atoms with Crippen LogP contribution >= 0.6 is 11.6 Å². The second-order valence-electron chi connectivity index (χ2n) is 5.26. The third-order valence-corrected chi connectivity index (χ3v) is 4.05. The van der Waals surface area contributed by atoms with E-state index in [1.165, 1.54) is 32.1 Å². The third-order valence-electron chi connectivity index (χ3n) is 3.12. The quantitative estimate of drug-likeness (QED) is 0.621. The molecule has 0 bridgehead atoms. The van der Waals surface area contributed by atoms with Crippen LogP contribution < -0.4 is 10.0 Å². The second kappa shape index (κ2) is 9.15. The summed E-state index contributed by atoms with van der Waals surface area (Å²) < 4.78 is 24.9. The molecule has 0 spiro atoms. The molecule has 0 saturated heterocycles. The topological polar surface area (TPSA) is 58.2 Å². The SMILES string of the molecule is CCCCCCCCNc1cc(NS(C)(=O)=O)ccc1Cl. The van der Waals surface area contributed by atoms with Crippen molar-refractivity contribution >= 4 is 33.0 Å². The van der Waals surface area contributed by atoms with Gasteiger partial charge in [0.05, 0.1) is 22.7 Å². The number of benzene rings is 1. The standard InChI is InChI=1S/C15H25ClN2O2S/c1-3-4-5-6-7-8-11-17-15-12-13(9-10-14(15)16)18-21(2,19)20/h9-10,12,17-18H,3-8,11H2,1-2H3. The van der Waals surface area contributed by atoms with Gasteiger partial charge in [0, 0.05) is 6.54 Å². The summed E-state index contributed by atoms with van der Waals surface area (Å²) in [6.07, 6.45) is 8.54. The van der Waals surface area contributed by atoms with Gasteiger partial charge >= 0.3 is 0 Å². The Morgan fingerprint density at radius 1 is 1.10 bits per heavy atom. The Kier molecular flexibility index (Phi) is 7.89. The highest BCUT2D eigenvalue weighted by molar-refractivity contribution is 7.92. The van der Waals surface area contributed by atoms with Gasteiger partial charge in [0.15, 0.2) is 0 Å². The molecule has 1 aromatic carbocycles. The van der Waals surface area contributed by atoms with E-state index in [1.54, 1.807) is 18.2 Å². The lowest BCUT2D eigenvalue weighted by molar-refractivity contribution is 0.607. The summed E-state index contributed by atoms with van der Waals surface area (Å²) in [5.41, 5.74) is 1.28. The summed E-state index contributed by atoms with van der Waals surface area (Å²) in [5.74, 6) is 0. The second-order valence-corrected chi connectivity index (χ2v) is 7.42. The third kappa shape index (κ3) is 8.17. The minimum absolute atomic E-state index is 0.521. The molecular weight excluding hydrogens is 308 g/mol. The highest BCUT2D eigenvalue weighted by atomic mass is 35.5. The van der Waals surface area contributed by atoms with Crippen molar-refractivity contribution < 1.29 is 8.42 Å². The van der Waals surface area contributed by atoms with E-state index in [9.17, 15) is 8.42 Å². The zero-order valence-corrected chi connectivity index (χ0v) is 14.4. The van der Waals surface area contributed by atoms with Gasteiger partial charge in [-0.1, -0.05) is 50.6 Å². The predicted molar refractivity (Wildman–Crippen MR) is 91.8 cm³/mol. The minimum atomic E-state index is -3.27. The van der Waals surface area contributed by atoms with E-state index in [-0.39, 0.29) is 0 Å². The van der Waals surface area contributed by atoms with Crippen LogP contribution in [0.2, 0.25) is 5.02 Å². The summed E-state index contributed by atoms with van der Waals surface area (Å²) in [6.45, 7) is 3.05. The Morgan fingerprint density at radius 2 is 1.76 bits per heavy atom. The fourth-order valence-corrected chi connectivity index (χ4v) is 2.81. The van der Waals surface area contributed by atoms with Gasteiger partial charge in [0.2, 0.25) is 10.0 Å². The molecule has 0 atom stereocenters. The molecule has 0 radical (unpaired) electrons. The van der Waals surface area contributed by atoms with Crippen LogP contribution in [0.15, 0.2) is 18.2 Å². The van der Waals surface area contributed by atoms with E-state index in [2.05, 4.69) is 17.0 Å². The number of halogens is 1. The average molecular weight is 333 g/mol. The molecule has 0 amide bonds. The zero-order chi connectivity index (χ0) is 15.7. The van der Waals surface area contributed by atoms with Crippen LogP contribution in [0.5, 0.6) is 0 Å². The molecule has 0 aliphatic carbocycles. The molecule has 120 valence electrons. The van der Waals surface area contributed by atoms with Gasteiger partial charge < -0.3 is 5.32 Å². The van der Waals surface area contributed by atoms with Gasteiger partial charge in [-0.25, -0.2) is 8.42 Å². The molecule has 1 aromatic rings. The van der Waals surface area contributed by atoms with Gasteiger partial charge in [-0.3, -0.25) is 4.72 Å². The number of hydrogen-bond donors (Lipinski definition) is 2. The Morgan fingerprint density at radius 3 is 2.43 bits per heavy atom. The largest absolute Gasteiger partial charge is 0.384 e. The van der Waals surface area contributed by atoms with Crippen LogP contribution in [0.25, 0.3) is 0 Å². The average Bonchev–Trinajstić information content (AvgIpc) is 2.39. The van der Waals surface area contributed by atoms with Crippen molar-refractivity contribution in [1.82, 2.24) is 0 Å². The van der Waals surface area contributed by atoms with Gasteiger partial charge in [-0.05, 0) is 24.6 Å². The van der Waals surface area contributed by atoms with Crippen molar-refractivity contribution in [3.05, 3.63) is 23.2 Å². The molecular formula is C15H25ClN2O2S. The van der Waals surface area contributed by atoms with Crippen molar-refractivity contribution in [1.29, 1.82) is 0 Å². The molecule has 2 N–H and O–H groups in total. The highest BCUT2D eigenvalue weighted by Crippen LogP contribution is 2.26. The zero-order valence-electron chi connectivity index (χ0n) is 12.8. The molecule has 0 fully saturated rings. The molecule has 0 unspecified atom stereocenters. The van der Waals surface area contributed by atoms with Gasteiger partial charge in [0.1, 0.15) is 0 Å². The van der Waals surface area contributed by atoms with E-state index in [4.69, 9.17) is 11.6 Å². The number of unbranched alkanes of at least 4 members (excludes halogenated alkanes) is 5. The van der Waals surface area contributed by atoms with Gasteiger partial charge in [-0.15, -0.1) is 0 Å². The summed E-state index contributed by atoms with van der Waals surface area (Å²) in [7, 11) is -3.27. The lowest BCUT2D eigenvalue weighted by atomic mass is 10.1. The summed E-state index contributed by atoms with van der Waals surface area (Å²) >= 11 is 6.11. The van der Waals surface area contributed by atoms with E-state index in [1.807, 2.05) is 0 Å². The summed E-state index contributed by atoms with van der Waals surface area (Å²) in [6, 6.07) is 5.07. The smallest absolute Gasteiger partial charge is 0.229 e. The molecule has 21 heavy (non-hydrogen) atoms. The molecule has 0 aromatic heterocycles. The number of rotatable bonds is 10. The van der Waals surface area contributed by atoms with Gasteiger partial charge in [0.25, 0.3) is 0 Å². The number of anilines is 2. The molecule has 0 saturated carbocycles. The Bertz CT molecular complexity index is 532. The maximum atomic E-state index is 11.2. The number of sulfonamides is 1. The monoisotopic (exact) mass is 332 g/mol. The van der Waals surface area contributed by atoms with E-state index in [0.29, 0.717) is 10.7 Å². The van der Waals surface area contributed by atoms with Crippen LogP contribution in [0.4, 0.5) is 11.4 Å². The van der Waals surface area contributed by atoms with Crippen molar-refractivity contribution in [2.75, 3.05) is 22.8 Å². The fraction of sp³-hybridized carbons (Fsp3) is 0.600. The van der Waals surface area contributed by atoms with Crippen molar-refractivity contribution in [3.8, 4) is 0 Å². The van der Waals surface area contributed by atoms with E-state index >= 15 is 0 Å². The normalized spacial score (nSPS) is 11.4. The molecule has 6 heteroatoms. The Balaban J connectivity index is 2.42. The lowest BCUT2D eigenvalue weighted by Gasteiger charge is -2.11. The van der Waals surface area contributed by atoms with Crippen molar-refractivity contribution in [3.63, 3.8) is 0 Å². The van der Waals surface area contributed by atoms with Crippen molar-refractivity contribution in [2.24, 2.45) is 0 Å². The van der Waals surface area contributed by atoms with Crippen molar-refractivity contribution in [2.45, 2.75) is 45.4 Å². The first-order chi connectivity index (χ1) is 9.92. The Labute approximate surface area is 133 Å². The van der Waals surface area contributed by atoms with Crippen LogP contribution in [-0.2, 0) is 10.0 Å². The molecule has 0 aliphatic heterocycles. The lowest BCUT2D eigenvalue weighted by Crippen LogP contribution is -2.10. The van der Waals surface area contributed by atoms with Crippen LogP contribution in [0.3, 0.4) is 0 Å². The first kappa shape index (κ1) is 18.1. The molecule has 1 rings (SSSR count). The van der Waals surface area contributed by atoms with E-state index < -0.39 is 10.0 Å². The summed E-state index contributed by atoms with van der Waals surface area (Å²) in [4.78, 5) is 0. The first-order valence-electron chi connectivity index (χ1n) is 7.43. The molecule has 4 nitrogen and oxygen atoms in total. The minimum Gasteiger partial charge on any atom is -0.384 e. The molecule has 0 aliphatic rings. The highest BCUT2D eigenvalue weighted by Gasteiger charge is 2.05. The van der Waals surface area contributed by atoms with E-state index in [0.717, 1.165) is 24.9 Å². The maximum Gasteiger partial charge on any atom is 0.229 e. The van der Waals surface area contributed by atoms with Crippen LogP contribution in [-0.4, -0.2) is 21.2 Å². The molecule has 0 heterocycles. The van der Waals surface area contributed by atoms with Crippen LogP contribution in [0.1, 0.15) is 45.4 Å². The number of hydrogen-bond acceptors (Lipinski definition) is 3. The predicted octanol–water partition coefficient (Wildman–Crippen LogP) is 4.48. The maximum absolute atomic E-state index is 11.2. The van der Waals surface area contributed by atoms with Crippen LogP contribution in [0, 0.1) is 0 Å². The fourth-order valence-electron chi connectivity index (χ4n) is 2.07.